The lowest BCUT2D eigenvalue weighted by atomic mass is 9.91. The average molecular weight is 580 g/mol. The molecule has 2 fully saturated rings. The van der Waals surface area contributed by atoms with Crippen molar-refractivity contribution in [1.82, 2.24) is 29.4 Å². The number of anilines is 1. The van der Waals surface area contributed by atoms with E-state index in [1.54, 1.807) is 51.0 Å². The molecule has 1 aromatic carbocycles. The molecule has 216 valence electrons. The smallest absolute Gasteiger partial charge is 0.415 e. The van der Waals surface area contributed by atoms with Gasteiger partial charge in [0.25, 0.3) is 0 Å². The van der Waals surface area contributed by atoms with Crippen LogP contribution in [0.15, 0.2) is 43.0 Å². The second-order valence-electron chi connectivity index (χ2n) is 11.7. The van der Waals surface area contributed by atoms with Gasteiger partial charge >= 0.3 is 6.09 Å². The van der Waals surface area contributed by atoms with Crippen molar-refractivity contribution < 1.29 is 23.4 Å². The second-order valence-corrected chi connectivity index (χ2v) is 17.3. The topological polar surface area (TPSA) is 109 Å². The molecule has 3 aromatic heterocycles. The van der Waals surface area contributed by atoms with Crippen LogP contribution in [0.5, 0.6) is 0 Å². The van der Waals surface area contributed by atoms with Crippen LogP contribution in [0.1, 0.15) is 12.8 Å². The summed E-state index contributed by atoms with van der Waals surface area (Å²) in [4.78, 5) is 23.4. The van der Waals surface area contributed by atoms with E-state index in [2.05, 4.69) is 34.8 Å². The Hall–Kier alpha value is -3.68. The third kappa shape index (κ3) is 5.88. The van der Waals surface area contributed by atoms with Crippen molar-refractivity contribution in [3.05, 3.63) is 48.8 Å². The van der Waals surface area contributed by atoms with Crippen LogP contribution in [0.2, 0.25) is 25.7 Å². The maximum Gasteiger partial charge on any atom is 0.415 e. The van der Waals surface area contributed by atoms with Gasteiger partial charge in [-0.2, -0.15) is 5.10 Å². The molecule has 2 saturated heterocycles. The second kappa shape index (κ2) is 11.3. The third-order valence-corrected chi connectivity index (χ3v) is 9.30. The van der Waals surface area contributed by atoms with E-state index in [1.807, 2.05) is 0 Å². The van der Waals surface area contributed by atoms with Gasteiger partial charge in [0.2, 0.25) is 0 Å². The Morgan fingerprint density at radius 3 is 2.76 bits per heavy atom. The van der Waals surface area contributed by atoms with Crippen molar-refractivity contribution in [2.45, 2.75) is 51.3 Å². The van der Waals surface area contributed by atoms with Crippen LogP contribution in [0.3, 0.4) is 0 Å². The minimum absolute atomic E-state index is 0.109. The summed E-state index contributed by atoms with van der Waals surface area (Å²) in [5, 5.41) is 8.79. The maximum absolute atomic E-state index is 15.4. The lowest BCUT2D eigenvalue weighted by Crippen LogP contribution is -2.41. The highest BCUT2D eigenvalue weighted by atomic mass is 28.3. The molecule has 6 rings (SSSR count). The first-order valence-electron chi connectivity index (χ1n) is 13.9. The zero-order valence-corrected chi connectivity index (χ0v) is 24.5. The maximum atomic E-state index is 15.4. The number of halogens is 1. The van der Waals surface area contributed by atoms with E-state index < -0.39 is 20.0 Å². The molecule has 0 radical (unpaired) electrons. The van der Waals surface area contributed by atoms with E-state index in [9.17, 15) is 4.79 Å². The molecule has 0 saturated carbocycles. The number of carbonyl (C=O) groups is 1. The summed E-state index contributed by atoms with van der Waals surface area (Å²) in [7, 11) is -1.18. The van der Waals surface area contributed by atoms with E-state index in [0.29, 0.717) is 54.6 Å². The van der Waals surface area contributed by atoms with E-state index in [1.165, 1.54) is 6.07 Å². The van der Waals surface area contributed by atoms with Gasteiger partial charge in [0.05, 0.1) is 17.8 Å². The number of hydrogen-bond donors (Lipinski definition) is 0. The first-order valence-corrected chi connectivity index (χ1v) is 17.6. The Morgan fingerprint density at radius 2 is 1.98 bits per heavy atom. The molecule has 41 heavy (non-hydrogen) atoms. The highest BCUT2D eigenvalue weighted by Gasteiger charge is 2.40. The van der Waals surface area contributed by atoms with Crippen LogP contribution in [0.4, 0.5) is 15.0 Å². The molecule has 2 aliphatic heterocycles. The Labute approximate surface area is 238 Å². The van der Waals surface area contributed by atoms with Crippen LogP contribution in [0.25, 0.3) is 28.2 Å². The highest BCUT2D eigenvalue weighted by molar-refractivity contribution is 6.76. The molecule has 5 heterocycles. The molecule has 2 aliphatic rings. The van der Waals surface area contributed by atoms with Crippen molar-refractivity contribution in [2.24, 2.45) is 5.92 Å². The molecule has 0 N–H and O–H groups in total. The minimum atomic E-state index is -1.18. The molecule has 1 unspecified atom stereocenters. The van der Waals surface area contributed by atoms with E-state index >= 15 is 4.39 Å². The Balaban J connectivity index is 1.22. The van der Waals surface area contributed by atoms with Crippen LogP contribution in [-0.4, -0.2) is 76.0 Å². The van der Waals surface area contributed by atoms with Crippen molar-refractivity contribution in [3.8, 4) is 22.5 Å². The number of cyclic esters (lactones) is 1. The van der Waals surface area contributed by atoms with Gasteiger partial charge in [0.1, 0.15) is 31.3 Å². The first kappa shape index (κ1) is 27.5. The number of rotatable bonds is 9. The predicted molar refractivity (Wildman–Crippen MR) is 153 cm³/mol. The number of carbonyl (C=O) groups excluding carboxylic acids is 1. The van der Waals surface area contributed by atoms with Crippen molar-refractivity contribution >= 4 is 25.6 Å². The van der Waals surface area contributed by atoms with E-state index in [0.717, 1.165) is 18.9 Å². The fourth-order valence-corrected chi connectivity index (χ4v) is 5.98. The summed E-state index contributed by atoms with van der Waals surface area (Å²) in [5.74, 6) is 0.582. The van der Waals surface area contributed by atoms with Gasteiger partial charge in [-0.1, -0.05) is 25.7 Å². The monoisotopic (exact) mass is 579 g/mol. The largest absolute Gasteiger partial charge is 0.447 e. The third-order valence-electron chi connectivity index (χ3n) is 7.59. The first-order chi connectivity index (χ1) is 19.8. The summed E-state index contributed by atoms with van der Waals surface area (Å²) in [6.45, 7) is 9.50. The van der Waals surface area contributed by atoms with Crippen LogP contribution >= 0.6 is 0 Å². The number of ether oxygens (including phenoxy) is 3. The van der Waals surface area contributed by atoms with Crippen molar-refractivity contribution in [1.29, 1.82) is 0 Å². The fourth-order valence-electron chi connectivity index (χ4n) is 5.22. The molecule has 1 amide bonds. The molecule has 4 aromatic rings. The number of amides is 1. The van der Waals surface area contributed by atoms with Gasteiger partial charge in [0.15, 0.2) is 11.5 Å². The number of aromatic nitrogens is 6. The number of nitrogens with zero attached hydrogens (tertiary/aromatic N) is 7. The van der Waals surface area contributed by atoms with Gasteiger partial charge in [0, 0.05) is 39.7 Å². The number of fused-ring (bicyclic) bond motifs is 1. The summed E-state index contributed by atoms with van der Waals surface area (Å²) < 4.78 is 35.2. The van der Waals surface area contributed by atoms with Crippen molar-refractivity contribution in [3.63, 3.8) is 0 Å². The molecule has 13 heteroatoms. The van der Waals surface area contributed by atoms with Crippen LogP contribution in [-0.2, 0) is 20.9 Å². The predicted octanol–water partition coefficient (Wildman–Crippen LogP) is 4.86. The SMILES string of the molecule is C[Si](C)(C)CCOCn1cnc(-c2ccc(-c3cnn4ccc(N5C(=O)OCC5C5CCOCC5)nc34)cc2F)n1. The van der Waals surface area contributed by atoms with Gasteiger partial charge in [-0.15, -0.1) is 5.10 Å². The highest BCUT2D eigenvalue weighted by Crippen LogP contribution is 2.33. The van der Waals surface area contributed by atoms with Crippen molar-refractivity contribution in [2.75, 3.05) is 31.3 Å². The molecule has 0 spiro atoms. The number of hydrogen-bond acceptors (Lipinski definition) is 8. The van der Waals surface area contributed by atoms with Gasteiger partial charge in [-0.05, 0) is 48.6 Å². The Morgan fingerprint density at radius 1 is 1.15 bits per heavy atom. The van der Waals surface area contributed by atoms with Gasteiger partial charge in [-0.3, -0.25) is 4.90 Å². The van der Waals surface area contributed by atoms with Crippen LogP contribution < -0.4 is 4.90 Å². The molecule has 0 bridgehead atoms. The molecular weight excluding hydrogens is 545 g/mol. The zero-order chi connectivity index (χ0) is 28.6. The summed E-state index contributed by atoms with van der Waals surface area (Å²) in [5.41, 5.74) is 2.04. The van der Waals surface area contributed by atoms with Gasteiger partial charge < -0.3 is 14.2 Å². The average Bonchev–Trinajstić information content (AvgIpc) is 3.69. The summed E-state index contributed by atoms with van der Waals surface area (Å²) in [6.07, 6.45) is 6.25. The van der Waals surface area contributed by atoms with E-state index in [4.69, 9.17) is 19.2 Å². The lowest BCUT2D eigenvalue weighted by Gasteiger charge is -2.31. The zero-order valence-electron chi connectivity index (χ0n) is 23.5. The quantitative estimate of drug-likeness (QED) is 0.204. The summed E-state index contributed by atoms with van der Waals surface area (Å²) in [6, 6.07) is 7.59. The van der Waals surface area contributed by atoms with Gasteiger partial charge in [-0.25, -0.2) is 28.4 Å². The molecule has 11 nitrogen and oxygen atoms in total. The number of benzene rings is 1. The fraction of sp³-hybridized carbons (Fsp3) is 0.464. The summed E-state index contributed by atoms with van der Waals surface area (Å²) >= 11 is 0. The molecule has 1 atom stereocenters. The minimum Gasteiger partial charge on any atom is -0.447 e. The lowest BCUT2D eigenvalue weighted by molar-refractivity contribution is 0.0564. The van der Waals surface area contributed by atoms with Crippen LogP contribution in [0, 0.1) is 11.7 Å². The van der Waals surface area contributed by atoms with E-state index in [-0.39, 0.29) is 24.5 Å². The molecule has 0 aliphatic carbocycles. The standard InChI is InChI=1S/C28H34FN7O4Si/c1-41(2,3)13-12-39-18-34-17-30-26(33-34)21-5-4-20(14-23(21)29)22-15-31-35-9-6-25(32-27(22)35)36-24(16-40-28(36)37)19-7-10-38-11-8-19/h4-6,9,14-15,17,19,24H,7-8,10-13,16,18H2,1-3H3. The molecular formula is C28H34FN7O4Si. The Kier molecular flexibility index (Phi) is 7.57. The normalized spacial score (nSPS) is 18.4. The Bertz CT molecular complexity index is 1550.